The maximum Gasteiger partial charge on any atom is 0.243 e. The Bertz CT molecular complexity index is 737. The van der Waals surface area contributed by atoms with Gasteiger partial charge < -0.3 is 10.6 Å². The molecule has 132 valence electrons. The SMILES string of the molecule is CC(=O)N1CCc2ccc(S(=O)(=O)N3CC(C)C(N)C3)cc2CC1. The molecule has 0 radical (unpaired) electrons. The summed E-state index contributed by atoms with van der Waals surface area (Å²) < 4.78 is 27.2. The third kappa shape index (κ3) is 3.20. The molecular formula is C17H25N3O3S. The topological polar surface area (TPSA) is 83.7 Å². The number of carbonyl (C=O) groups excluding carboxylic acids is 1. The molecule has 1 amide bonds. The molecule has 7 heteroatoms. The highest BCUT2D eigenvalue weighted by molar-refractivity contribution is 7.89. The van der Waals surface area contributed by atoms with E-state index in [9.17, 15) is 13.2 Å². The predicted octanol–water partition coefficient (Wildman–Crippen LogP) is 0.601. The fourth-order valence-corrected chi connectivity index (χ4v) is 5.10. The first-order chi connectivity index (χ1) is 11.3. The summed E-state index contributed by atoms with van der Waals surface area (Å²) in [5.74, 6) is 0.237. The summed E-state index contributed by atoms with van der Waals surface area (Å²) in [4.78, 5) is 13.7. The zero-order valence-corrected chi connectivity index (χ0v) is 15.1. The van der Waals surface area contributed by atoms with Gasteiger partial charge in [-0.25, -0.2) is 8.42 Å². The smallest absolute Gasteiger partial charge is 0.243 e. The van der Waals surface area contributed by atoms with Crippen LogP contribution in [0, 0.1) is 5.92 Å². The van der Waals surface area contributed by atoms with Gasteiger partial charge in [-0.15, -0.1) is 0 Å². The van der Waals surface area contributed by atoms with E-state index in [4.69, 9.17) is 5.73 Å². The van der Waals surface area contributed by atoms with Gasteiger partial charge in [0.2, 0.25) is 15.9 Å². The summed E-state index contributed by atoms with van der Waals surface area (Å²) >= 11 is 0. The molecule has 2 N–H and O–H groups in total. The minimum absolute atomic E-state index is 0.0655. The zero-order valence-electron chi connectivity index (χ0n) is 14.2. The van der Waals surface area contributed by atoms with Gasteiger partial charge in [-0.2, -0.15) is 4.31 Å². The molecule has 1 aromatic carbocycles. The second-order valence-corrected chi connectivity index (χ2v) is 8.84. The Kier molecular flexibility index (Phi) is 4.68. The van der Waals surface area contributed by atoms with Crippen molar-refractivity contribution in [3.05, 3.63) is 29.3 Å². The van der Waals surface area contributed by atoms with Crippen LogP contribution >= 0.6 is 0 Å². The lowest BCUT2D eigenvalue weighted by atomic mass is 10.0. The van der Waals surface area contributed by atoms with Crippen LogP contribution in [0.25, 0.3) is 0 Å². The van der Waals surface area contributed by atoms with Crippen LogP contribution in [-0.2, 0) is 27.7 Å². The molecule has 1 saturated heterocycles. The van der Waals surface area contributed by atoms with Gasteiger partial charge in [-0.3, -0.25) is 4.79 Å². The van der Waals surface area contributed by atoms with Crippen molar-refractivity contribution in [2.24, 2.45) is 11.7 Å². The number of hydrogen-bond donors (Lipinski definition) is 1. The van der Waals surface area contributed by atoms with Crippen molar-refractivity contribution in [3.63, 3.8) is 0 Å². The average Bonchev–Trinajstić information content (AvgIpc) is 2.75. The first-order valence-corrected chi connectivity index (χ1v) is 9.86. The van der Waals surface area contributed by atoms with E-state index in [0.717, 1.165) is 17.5 Å². The third-order valence-corrected chi connectivity index (χ3v) is 7.03. The van der Waals surface area contributed by atoms with Gasteiger partial charge in [0.05, 0.1) is 4.90 Å². The summed E-state index contributed by atoms with van der Waals surface area (Å²) in [5, 5.41) is 0. The van der Waals surface area contributed by atoms with Gasteiger partial charge >= 0.3 is 0 Å². The lowest BCUT2D eigenvalue weighted by Gasteiger charge is -2.17. The average molecular weight is 351 g/mol. The summed E-state index contributed by atoms with van der Waals surface area (Å²) in [7, 11) is -3.51. The predicted molar refractivity (Wildman–Crippen MR) is 92.0 cm³/mol. The Morgan fingerprint density at radius 1 is 1.17 bits per heavy atom. The minimum atomic E-state index is -3.51. The van der Waals surface area contributed by atoms with E-state index in [1.807, 2.05) is 17.9 Å². The van der Waals surface area contributed by atoms with E-state index in [0.29, 0.717) is 37.5 Å². The molecule has 0 aliphatic carbocycles. The molecular weight excluding hydrogens is 326 g/mol. The standard InChI is InChI=1S/C17H25N3O3S/c1-12-10-20(11-17(12)18)24(22,23)16-4-3-14-5-7-19(13(2)21)8-6-15(14)9-16/h3-4,9,12,17H,5-8,10-11,18H2,1-2H3. The lowest BCUT2D eigenvalue weighted by Crippen LogP contribution is -2.32. The summed E-state index contributed by atoms with van der Waals surface area (Å²) in [6, 6.07) is 5.25. The number of benzene rings is 1. The molecule has 0 saturated carbocycles. The first-order valence-electron chi connectivity index (χ1n) is 8.42. The molecule has 6 nitrogen and oxygen atoms in total. The highest BCUT2D eigenvalue weighted by Crippen LogP contribution is 2.26. The zero-order chi connectivity index (χ0) is 17.5. The Morgan fingerprint density at radius 2 is 1.83 bits per heavy atom. The molecule has 2 aliphatic heterocycles. The second-order valence-electron chi connectivity index (χ2n) is 6.90. The number of amides is 1. The lowest BCUT2D eigenvalue weighted by molar-refractivity contribution is -0.128. The van der Waals surface area contributed by atoms with Crippen molar-refractivity contribution >= 4 is 15.9 Å². The van der Waals surface area contributed by atoms with E-state index >= 15 is 0 Å². The Morgan fingerprint density at radius 3 is 2.42 bits per heavy atom. The summed E-state index contributed by atoms with van der Waals surface area (Å²) in [6.45, 7) is 5.72. The number of nitrogens with two attached hydrogens (primary N) is 1. The minimum Gasteiger partial charge on any atom is -0.342 e. The highest BCUT2D eigenvalue weighted by atomic mass is 32.2. The van der Waals surface area contributed by atoms with E-state index in [2.05, 4.69) is 0 Å². The maximum atomic E-state index is 12.9. The van der Waals surface area contributed by atoms with Crippen LogP contribution in [0.3, 0.4) is 0 Å². The fourth-order valence-electron chi connectivity index (χ4n) is 3.47. The number of carbonyl (C=O) groups is 1. The van der Waals surface area contributed by atoms with E-state index in [1.165, 1.54) is 4.31 Å². The third-order valence-electron chi connectivity index (χ3n) is 5.20. The van der Waals surface area contributed by atoms with Crippen molar-refractivity contribution in [1.82, 2.24) is 9.21 Å². The number of nitrogens with zero attached hydrogens (tertiary/aromatic N) is 2. The van der Waals surface area contributed by atoms with Crippen molar-refractivity contribution < 1.29 is 13.2 Å². The molecule has 24 heavy (non-hydrogen) atoms. The van der Waals surface area contributed by atoms with Gasteiger partial charge in [-0.1, -0.05) is 13.0 Å². The van der Waals surface area contributed by atoms with Crippen LogP contribution in [0.2, 0.25) is 0 Å². The van der Waals surface area contributed by atoms with Crippen molar-refractivity contribution in [1.29, 1.82) is 0 Å². The van der Waals surface area contributed by atoms with Crippen LogP contribution in [0.15, 0.2) is 23.1 Å². The van der Waals surface area contributed by atoms with Gasteiger partial charge in [0.1, 0.15) is 0 Å². The normalized spacial score (nSPS) is 25.4. The van der Waals surface area contributed by atoms with E-state index < -0.39 is 10.0 Å². The van der Waals surface area contributed by atoms with E-state index in [1.54, 1.807) is 19.1 Å². The number of rotatable bonds is 2. The van der Waals surface area contributed by atoms with Crippen LogP contribution in [0.4, 0.5) is 0 Å². The second kappa shape index (κ2) is 6.46. The van der Waals surface area contributed by atoms with Crippen molar-refractivity contribution in [2.75, 3.05) is 26.2 Å². The Labute approximate surface area is 143 Å². The molecule has 2 heterocycles. The summed E-state index contributed by atoms with van der Waals surface area (Å²) in [6.07, 6.45) is 1.45. The van der Waals surface area contributed by atoms with Gasteiger partial charge in [-0.05, 0) is 42.0 Å². The quantitative estimate of drug-likeness (QED) is 0.846. The molecule has 0 aromatic heterocycles. The molecule has 1 aromatic rings. The molecule has 2 aliphatic rings. The number of fused-ring (bicyclic) bond motifs is 1. The largest absolute Gasteiger partial charge is 0.342 e. The van der Waals surface area contributed by atoms with Crippen molar-refractivity contribution in [3.8, 4) is 0 Å². The van der Waals surface area contributed by atoms with Crippen LogP contribution in [-0.4, -0.2) is 55.8 Å². The maximum absolute atomic E-state index is 12.9. The number of sulfonamides is 1. The van der Waals surface area contributed by atoms with Crippen LogP contribution < -0.4 is 5.73 Å². The van der Waals surface area contributed by atoms with Gasteiger partial charge in [0.25, 0.3) is 0 Å². The molecule has 1 fully saturated rings. The molecule has 0 spiro atoms. The van der Waals surface area contributed by atoms with Gasteiger partial charge in [0.15, 0.2) is 0 Å². The first kappa shape index (κ1) is 17.4. The molecule has 2 atom stereocenters. The molecule has 3 rings (SSSR count). The van der Waals surface area contributed by atoms with Crippen molar-refractivity contribution in [2.45, 2.75) is 37.6 Å². The van der Waals surface area contributed by atoms with E-state index in [-0.39, 0.29) is 17.9 Å². The van der Waals surface area contributed by atoms with Crippen LogP contribution in [0.1, 0.15) is 25.0 Å². The number of hydrogen-bond acceptors (Lipinski definition) is 4. The molecule has 0 bridgehead atoms. The fraction of sp³-hybridized carbons (Fsp3) is 0.588. The molecule has 2 unspecified atom stereocenters. The summed E-state index contributed by atoms with van der Waals surface area (Å²) in [5.41, 5.74) is 8.13. The Hall–Kier alpha value is -1.44. The monoisotopic (exact) mass is 351 g/mol. The Balaban J connectivity index is 1.86. The highest BCUT2D eigenvalue weighted by Gasteiger charge is 2.35. The van der Waals surface area contributed by atoms with Crippen LogP contribution in [0.5, 0.6) is 0 Å². The van der Waals surface area contributed by atoms with Gasteiger partial charge in [0, 0.05) is 39.1 Å².